The van der Waals surface area contributed by atoms with Crippen LogP contribution in [0.1, 0.15) is 5.56 Å². The van der Waals surface area contributed by atoms with E-state index in [1.807, 2.05) is 66.7 Å². The highest BCUT2D eigenvalue weighted by Crippen LogP contribution is 2.22. The lowest BCUT2D eigenvalue weighted by Crippen LogP contribution is -2.14. The van der Waals surface area contributed by atoms with Crippen molar-refractivity contribution < 1.29 is 9.53 Å². The summed E-state index contributed by atoms with van der Waals surface area (Å²) in [5.74, 6) is 1.43. The van der Waals surface area contributed by atoms with Gasteiger partial charge in [0.2, 0.25) is 5.91 Å². The van der Waals surface area contributed by atoms with Gasteiger partial charge in [0.05, 0.1) is 6.42 Å². The number of benzene rings is 3. The molecule has 3 aromatic rings. The van der Waals surface area contributed by atoms with E-state index in [4.69, 9.17) is 4.74 Å². The number of ether oxygens (including phenoxy) is 1. The fraction of sp³-hybridized carbons (Fsp3) is 0.0500. The zero-order valence-electron chi connectivity index (χ0n) is 12.5. The Balaban J connectivity index is 1.64. The molecule has 1 amide bonds. The number of hydrogen-bond donors (Lipinski definition) is 1. The van der Waals surface area contributed by atoms with Gasteiger partial charge in [-0.2, -0.15) is 0 Å². The average Bonchev–Trinajstić information content (AvgIpc) is 2.57. The molecule has 0 aliphatic heterocycles. The quantitative estimate of drug-likeness (QED) is 0.755. The molecule has 0 saturated carbocycles. The van der Waals surface area contributed by atoms with Crippen LogP contribution < -0.4 is 10.1 Å². The Hall–Kier alpha value is -3.07. The maximum atomic E-state index is 12.1. The average molecular weight is 302 g/mol. The van der Waals surface area contributed by atoms with Gasteiger partial charge in [-0.1, -0.05) is 42.5 Å². The van der Waals surface area contributed by atoms with Crippen molar-refractivity contribution in [3.63, 3.8) is 0 Å². The summed E-state index contributed by atoms with van der Waals surface area (Å²) in [6.07, 6.45) is 0.296. The Labute approximate surface area is 135 Å². The number of rotatable bonds is 5. The highest BCUT2D eigenvalue weighted by atomic mass is 16.5. The first-order valence-electron chi connectivity index (χ1n) is 7.37. The molecule has 23 heavy (non-hydrogen) atoms. The summed E-state index contributed by atoms with van der Waals surface area (Å²) in [6, 6.07) is 27.2. The maximum Gasteiger partial charge on any atom is 0.228 e. The van der Waals surface area contributed by atoms with Gasteiger partial charge in [0.1, 0.15) is 11.5 Å². The fourth-order valence-electron chi connectivity index (χ4n) is 2.20. The van der Waals surface area contributed by atoms with E-state index < -0.39 is 0 Å². The summed E-state index contributed by atoms with van der Waals surface area (Å²) in [6.45, 7) is 0. The summed E-state index contributed by atoms with van der Waals surface area (Å²) in [5, 5.41) is 2.86. The third kappa shape index (κ3) is 4.45. The molecular weight excluding hydrogens is 286 g/mol. The number of nitrogens with one attached hydrogen (secondary N) is 1. The molecule has 0 saturated heterocycles. The third-order valence-corrected chi connectivity index (χ3v) is 3.24. The second-order valence-corrected chi connectivity index (χ2v) is 5.08. The smallest absolute Gasteiger partial charge is 0.228 e. The van der Waals surface area contributed by atoms with Crippen LogP contribution in [0.3, 0.4) is 0 Å². The molecule has 1 N–H and O–H groups in total. The molecule has 0 fully saturated rings. The monoisotopic (exact) mass is 302 g/mol. The number of anilines is 1. The lowest BCUT2D eigenvalue weighted by atomic mass is 10.1. The number of hydrogen-bond acceptors (Lipinski definition) is 2. The van der Waals surface area contributed by atoms with E-state index >= 15 is 0 Å². The molecule has 0 unspecified atom stereocenters. The summed E-state index contributed by atoms with van der Waals surface area (Å²) in [5.41, 5.74) is 1.67. The van der Waals surface area contributed by atoms with E-state index in [1.165, 1.54) is 0 Å². The summed E-state index contributed by atoms with van der Waals surface area (Å²) < 4.78 is 5.78. The maximum absolute atomic E-state index is 12.1. The zero-order valence-corrected chi connectivity index (χ0v) is 12.5. The number of para-hydroxylation sites is 1. The van der Waals surface area contributed by atoms with Crippen LogP contribution in [0, 0.1) is 6.07 Å². The zero-order chi connectivity index (χ0) is 15.9. The lowest BCUT2D eigenvalue weighted by Gasteiger charge is -2.08. The minimum Gasteiger partial charge on any atom is -0.457 e. The van der Waals surface area contributed by atoms with Crippen LogP contribution in [-0.2, 0) is 11.2 Å². The first-order valence-corrected chi connectivity index (χ1v) is 7.37. The molecule has 0 heterocycles. The van der Waals surface area contributed by atoms with Crippen molar-refractivity contribution in [1.29, 1.82) is 0 Å². The first-order chi connectivity index (χ1) is 11.3. The van der Waals surface area contributed by atoms with Crippen LogP contribution in [0.4, 0.5) is 5.69 Å². The Morgan fingerprint density at radius 3 is 2.43 bits per heavy atom. The van der Waals surface area contributed by atoms with Gasteiger partial charge in [0, 0.05) is 5.69 Å². The summed E-state index contributed by atoms with van der Waals surface area (Å²) in [4.78, 5) is 12.1. The Morgan fingerprint density at radius 1 is 0.913 bits per heavy atom. The predicted molar refractivity (Wildman–Crippen MR) is 90.6 cm³/mol. The number of carbonyl (C=O) groups is 1. The van der Waals surface area contributed by atoms with E-state index in [1.54, 1.807) is 12.1 Å². The van der Waals surface area contributed by atoms with Crippen molar-refractivity contribution in [2.45, 2.75) is 6.42 Å². The third-order valence-electron chi connectivity index (χ3n) is 3.24. The molecular formula is C20H16NO2. The van der Waals surface area contributed by atoms with Gasteiger partial charge < -0.3 is 10.1 Å². The van der Waals surface area contributed by atoms with Gasteiger partial charge in [0.15, 0.2) is 0 Å². The van der Waals surface area contributed by atoms with E-state index in [2.05, 4.69) is 11.4 Å². The Kier molecular flexibility index (Phi) is 4.69. The fourth-order valence-corrected chi connectivity index (χ4v) is 2.20. The van der Waals surface area contributed by atoms with E-state index in [0.717, 1.165) is 22.7 Å². The van der Waals surface area contributed by atoms with Crippen molar-refractivity contribution in [2.75, 3.05) is 5.32 Å². The van der Waals surface area contributed by atoms with Gasteiger partial charge in [-0.05, 0) is 48.0 Å². The minimum atomic E-state index is -0.0620. The summed E-state index contributed by atoms with van der Waals surface area (Å²) in [7, 11) is 0. The van der Waals surface area contributed by atoms with Crippen molar-refractivity contribution >= 4 is 11.6 Å². The topological polar surface area (TPSA) is 38.3 Å². The molecule has 1 radical (unpaired) electrons. The Morgan fingerprint density at radius 2 is 1.65 bits per heavy atom. The largest absolute Gasteiger partial charge is 0.457 e. The molecule has 0 aliphatic rings. The van der Waals surface area contributed by atoms with Crippen LogP contribution in [0.5, 0.6) is 11.5 Å². The van der Waals surface area contributed by atoms with Gasteiger partial charge in [0.25, 0.3) is 0 Å². The normalized spacial score (nSPS) is 10.1. The van der Waals surface area contributed by atoms with Crippen molar-refractivity contribution in [2.24, 2.45) is 0 Å². The van der Waals surface area contributed by atoms with E-state index in [-0.39, 0.29) is 5.91 Å². The van der Waals surface area contributed by atoms with E-state index in [9.17, 15) is 4.79 Å². The molecule has 0 aliphatic carbocycles. The second kappa shape index (κ2) is 7.27. The van der Waals surface area contributed by atoms with Crippen molar-refractivity contribution in [3.8, 4) is 11.5 Å². The Bertz CT molecular complexity index is 770. The minimum absolute atomic E-state index is 0.0620. The number of carbonyl (C=O) groups excluding carboxylic acids is 1. The van der Waals surface area contributed by atoms with Crippen molar-refractivity contribution in [3.05, 3.63) is 90.5 Å². The van der Waals surface area contributed by atoms with E-state index in [0.29, 0.717) is 6.42 Å². The molecule has 0 spiro atoms. The van der Waals surface area contributed by atoms with Crippen LogP contribution in [0.15, 0.2) is 78.9 Å². The molecule has 0 bridgehead atoms. The molecule has 0 aromatic heterocycles. The van der Waals surface area contributed by atoms with Gasteiger partial charge >= 0.3 is 0 Å². The summed E-state index contributed by atoms with van der Waals surface area (Å²) >= 11 is 0. The highest BCUT2D eigenvalue weighted by Gasteiger charge is 2.05. The van der Waals surface area contributed by atoms with Crippen LogP contribution in [0.2, 0.25) is 0 Å². The molecule has 3 heteroatoms. The first kappa shape index (κ1) is 14.9. The molecule has 0 atom stereocenters. The molecule has 113 valence electrons. The van der Waals surface area contributed by atoms with Gasteiger partial charge in [-0.15, -0.1) is 0 Å². The second-order valence-electron chi connectivity index (χ2n) is 5.08. The predicted octanol–water partition coefficient (Wildman–Crippen LogP) is 4.46. The lowest BCUT2D eigenvalue weighted by molar-refractivity contribution is -0.115. The molecule has 3 rings (SSSR count). The highest BCUT2D eigenvalue weighted by molar-refractivity contribution is 5.92. The van der Waals surface area contributed by atoms with Gasteiger partial charge in [-0.3, -0.25) is 4.79 Å². The van der Waals surface area contributed by atoms with Crippen molar-refractivity contribution in [1.82, 2.24) is 0 Å². The number of amides is 1. The SMILES string of the molecule is O=C(Cc1cccc(Oc2ccccc2)c1)Nc1cc[c]cc1. The van der Waals surface area contributed by atoms with Gasteiger partial charge in [-0.25, -0.2) is 0 Å². The van der Waals surface area contributed by atoms with Crippen LogP contribution in [-0.4, -0.2) is 5.91 Å². The molecule has 3 nitrogen and oxygen atoms in total. The standard InChI is InChI=1S/C20H16NO2/c22-20(21-17-9-3-1-4-10-17)15-16-8-7-13-19(14-16)23-18-11-5-2-6-12-18/h2-14H,15H2,(H,21,22). The van der Waals surface area contributed by atoms with Crippen LogP contribution >= 0.6 is 0 Å². The van der Waals surface area contributed by atoms with Crippen LogP contribution in [0.25, 0.3) is 0 Å². The molecule has 3 aromatic carbocycles.